The Labute approximate surface area is 131 Å². The van der Waals surface area contributed by atoms with Gasteiger partial charge in [-0.3, -0.25) is 0 Å². The van der Waals surface area contributed by atoms with E-state index in [1.54, 1.807) is 6.07 Å². The van der Waals surface area contributed by atoms with E-state index in [-0.39, 0.29) is 10.8 Å². The smallest absolute Gasteiger partial charge is 0.207 e. The predicted octanol–water partition coefficient (Wildman–Crippen LogP) is 3.77. The molecular formula is C15H21ClFNO2S. The molecule has 0 heterocycles. The van der Waals surface area contributed by atoms with E-state index in [0.29, 0.717) is 18.0 Å². The molecule has 1 aliphatic rings. The van der Waals surface area contributed by atoms with Crippen molar-refractivity contribution in [3.05, 3.63) is 29.6 Å². The first-order valence-corrected chi connectivity index (χ1v) is 9.23. The fraction of sp³-hybridized carbons (Fsp3) is 0.600. The van der Waals surface area contributed by atoms with E-state index in [1.807, 2.05) is 0 Å². The molecule has 0 bridgehead atoms. The predicted molar refractivity (Wildman–Crippen MR) is 82.3 cm³/mol. The first kappa shape index (κ1) is 16.7. The van der Waals surface area contributed by atoms with Crippen LogP contribution in [0.25, 0.3) is 0 Å². The summed E-state index contributed by atoms with van der Waals surface area (Å²) in [4.78, 5) is -0.269. The quantitative estimate of drug-likeness (QED) is 0.769. The van der Waals surface area contributed by atoms with Crippen LogP contribution in [0, 0.1) is 11.7 Å². The van der Waals surface area contributed by atoms with E-state index < -0.39 is 15.8 Å². The normalized spacial score (nSPS) is 17.3. The van der Waals surface area contributed by atoms with E-state index in [4.69, 9.17) is 11.6 Å². The molecule has 0 saturated heterocycles. The summed E-state index contributed by atoms with van der Waals surface area (Å²) in [5, 5.41) is 0. The molecule has 6 heteroatoms. The largest absolute Gasteiger partial charge is 0.245 e. The molecule has 1 aromatic carbocycles. The molecule has 3 nitrogen and oxygen atoms in total. The van der Waals surface area contributed by atoms with Crippen molar-refractivity contribution in [1.29, 1.82) is 0 Å². The molecule has 1 aliphatic carbocycles. The molecule has 0 radical (unpaired) electrons. The van der Waals surface area contributed by atoms with Crippen LogP contribution in [0.2, 0.25) is 0 Å². The SMILES string of the molecule is CN(CC1CCCCC1)S(=O)(=O)c1ccc(CCl)cc1F. The van der Waals surface area contributed by atoms with Gasteiger partial charge in [-0.1, -0.05) is 25.3 Å². The van der Waals surface area contributed by atoms with Gasteiger partial charge in [-0.15, -0.1) is 11.6 Å². The Bertz CT molecular complexity index is 585. The Morgan fingerprint density at radius 1 is 1.29 bits per heavy atom. The van der Waals surface area contributed by atoms with Crippen molar-refractivity contribution in [2.24, 2.45) is 5.92 Å². The second-order valence-corrected chi connectivity index (χ2v) is 7.97. The topological polar surface area (TPSA) is 37.4 Å². The molecule has 118 valence electrons. The molecule has 0 amide bonds. The molecule has 1 saturated carbocycles. The maximum Gasteiger partial charge on any atom is 0.245 e. The molecule has 1 aromatic rings. The maximum atomic E-state index is 14.0. The zero-order valence-corrected chi connectivity index (χ0v) is 13.8. The molecule has 0 atom stereocenters. The van der Waals surface area contributed by atoms with Crippen molar-refractivity contribution in [2.45, 2.75) is 42.9 Å². The van der Waals surface area contributed by atoms with Gasteiger partial charge in [0.05, 0.1) is 0 Å². The summed E-state index contributed by atoms with van der Waals surface area (Å²) >= 11 is 5.63. The first-order valence-electron chi connectivity index (χ1n) is 7.26. The van der Waals surface area contributed by atoms with Crippen molar-refractivity contribution < 1.29 is 12.8 Å². The van der Waals surface area contributed by atoms with E-state index in [9.17, 15) is 12.8 Å². The minimum atomic E-state index is -3.78. The van der Waals surface area contributed by atoms with E-state index in [2.05, 4.69) is 0 Å². The standard InChI is InChI=1S/C15H21ClFNO2S/c1-18(11-12-5-3-2-4-6-12)21(19,20)15-8-7-13(10-16)9-14(15)17/h7-9,12H,2-6,10-11H2,1H3. The second kappa shape index (κ2) is 7.07. The average molecular weight is 334 g/mol. The Kier molecular flexibility index (Phi) is 5.63. The van der Waals surface area contributed by atoms with Crippen molar-refractivity contribution in [3.8, 4) is 0 Å². The summed E-state index contributed by atoms with van der Waals surface area (Å²) in [6, 6.07) is 4.05. The third-order valence-electron chi connectivity index (χ3n) is 4.08. The van der Waals surface area contributed by atoms with Crippen molar-refractivity contribution in [3.63, 3.8) is 0 Å². The highest BCUT2D eigenvalue weighted by Gasteiger charge is 2.27. The lowest BCUT2D eigenvalue weighted by Crippen LogP contribution is -2.33. The molecule has 21 heavy (non-hydrogen) atoms. The van der Waals surface area contributed by atoms with Gasteiger partial charge in [0.15, 0.2) is 0 Å². The van der Waals surface area contributed by atoms with Gasteiger partial charge in [-0.2, -0.15) is 0 Å². The number of nitrogens with zero attached hydrogens (tertiary/aromatic N) is 1. The number of halogens is 2. The zero-order valence-electron chi connectivity index (χ0n) is 12.2. The zero-order chi connectivity index (χ0) is 15.5. The lowest BCUT2D eigenvalue weighted by atomic mass is 9.89. The van der Waals surface area contributed by atoms with Crippen LogP contribution in [0.15, 0.2) is 23.1 Å². The lowest BCUT2D eigenvalue weighted by Gasteiger charge is -2.26. The van der Waals surface area contributed by atoms with Gasteiger partial charge in [0.25, 0.3) is 0 Å². The summed E-state index contributed by atoms with van der Waals surface area (Å²) in [6.07, 6.45) is 5.62. The van der Waals surface area contributed by atoms with Crippen LogP contribution in [-0.4, -0.2) is 26.3 Å². The number of rotatable bonds is 5. The van der Waals surface area contributed by atoms with Gasteiger partial charge in [0, 0.05) is 19.5 Å². The minimum Gasteiger partial charge on any atom is -0.207 e. The van der Waals surface area contributed by atoms with Crippen LogP contribution >= 0.6 is 11.6 Å². The van der Waals surface area contributed by atoms with Crippen LogP contribution < -0.4 is 0 Å². The van der Waals surface area contributed by atoms with Gasteiger partial charge in [-0.25, -0.2) is 17.1 Å². The third kappa shape index (κ3) is 3.96. The third-order valence-corrected chi connectivity index (χ3v) is 6.24. The fourth-order valence-electron chi connectivity index (χ4n) is 2.84. The number of hydrogen-bond acceptors (Lipinski definition) is 2. The van der Waals surface area contributed by atoms with Gasteiger partial charge >= 0.3 is 0 Å². The molecule has 2 rings (SSSR count). The first-order chi connectivity index (χ1) is 9.95. The molecule has 0 aliphatic heterocycles. The Morgan fingerprint density at radius 2 is 1.95 bits per heavy atom. The molecule has 0 spiro atoms. The molecule has 1 fully saturated rings. The molecular weight excluding hydrogens is 313 g/mol. The minimum absolute atomic E-state index is 0.162. The highest BCUT2D eigenvalue weighted by Crippen LogP contribution is 2.27. The van der Waals surface area contributed by atoms with E-state index in [1.165, 1.54) is 29.9 Å². The number of alkyl halides is 1. The number of benzene rings is 1. The monoisotopic (exact) mass is 333 g/mol. The van der Waals surface area contributed by atoms with Crippen LogP contribution in [0.4, 0.5) is 4.39 Å². The van der Waals surface area contributed by atoms with Crippen molar-refractivity contribution in [1.82, 2.24) is 4.31 Å². The average Bonchev–Trinajstić information content (AvgIpc) is 2.47. The maximum absolute atomic E-state index is 14.0. The fourth-order valence-corrected chi connectivity index (χ4v) is 4.29. The van der Waals surface area contributed by atoms with Gasteiger partial charge in [-0.05, 0) is 36.5 Å². The second-order valence-electron chi connectivity index (χ2n) is 5.69. The van der Waals surface area contributed by atoms with Gasteiger partial charge in [0.2, 0.25) is 10.0 Å². The Hall–Kier alpha value is -0.650. The van der Waals surface area contributed by atoms with Crippen LogP contribution in [0.5, 0.6) is 0 Å². The number of sulfonamides is 1. The van der Waals surface area contributed by atoms with E-state index >= 15 is 0 Å². The molecule has 0 unspecified atom stereocenters. The number of hydrogen-bond donors (Lipinski definition) is 0. The van der Waals surface area contributed by atoms with Gasteiger partial charge < -0.3 is 0 Å². The Balaban J connectivity index is 2.16. The lowest BCUT2D eigenvalue weighted by molar-refractivity contribution is 0.299. The van der Waals surface area contributed by atoms with Crippen LogP contribution in [0.1, 0.15) is 37.7 Å². The molecule has 0 aromatic heterocycles. The van der Waals surface area contributed by atoms with Crippen molar-refractivity contribution >= 4 is 21.6 Å². The summed E-state index contributed by atoms with van der Waals surface area (Å²) in [6.45, 7) is 0.457. The van der Waals surface area contributed by atoms with Crippen LogP contribution in [0.3, 0.4) is 0 Å². The highest BCUT2D eigenvalue weighted by molar-refractivity contribution is 7.89. The summed E-state index contributed by atoms with van der Waals surface area (Å²) < 4.78 is 40.2. The summed E-state index contributed by atoms with van der Waals surface area (Å²) in [5.74, 6) is -0.192. The summed E-state index contributed by atoms with van der Waals surface area (Å²) in [5.41, 5.74) is 0.572. The van der Waals surface area contributed by atoms with Gasteiger partial charge in [0.1, 0.15) is 10.7 Å². The highest BCUT2D eigenvalue weighted by atomic mass is 35.5. The Morgan fingerprint density at radius 3 is 2.52 bits per heavy atom. The van der Waals surface area contributed by atoms with E-state index in [0.717, 1.165) is 25.7 Å². The molecule has 0 N–H and O–H groups in total. The van der Waals surface area contributed by atoms with Crippen molar-refractivity contribution in [2.75, 3.05) is 13.6 Å². The summed E-state index contributed by atoms with van der Waals surface area (Å²) in [7, 11) is -2.25. The van der Waals surface area contributed by atoms with Crippen LogP contribution in [-0.2, 0) is 15.9 Å².